The van der Waals surface area contributed by atoms with Crippen molar-refractivity contribution in [1.29, 1.82) is 0 Å². The number of benzene rings is 2. The van der Waals surface area contributed by atoms with Crippen LogP contribution in [0.2, 0.25) is 0 Å². The molecule has 0 fully saturated rings. The summed E-state index contributed by atoms with van der Waals surface area (Å²) in [5.41, 5.74) is 3.43. The maximum Gasteiger partial charge on any atom is 0.132 e. The summed E-state index contributed by atoms with van der Waals surface area (Å²) in [6, 6.07) is 17.7. The van der Waals surface area contributed by atoms with Crippen LogP contribution in [0.4, 0.5) is 0 Å². The Hall–Kier alpha value is -2.66. The Morgan fingerprint density at radius 3 is 2.43 bits per heavy atom. The van der Waals surface area contributed by atoms with E-state index in [4.69, 9.17) is 4.74 Å². The van der Waals surface area contributed by atoms with Crippen LogP contribution in [0, 0.1) is 0 Å². The van der Waals surface area contributed by atoms with E-state index in [0.717, 1.165) is 23.6 Å². The fraction of sp³-hybridized carbons (Fsp3) is 0.222. The predicted molar refractivity (Wildman–Crippen MR) is 87.4 cm³/mol. The Morgan fingerprint density at radius 2 is 1.78 bits per heavy atom. The summed E-state index contributed by atoms with van der Waals surface area (Å²) in [5, 5.41) is 17.6. The van der Waals surface area contributed by atoms with Crippen LogP contribution in [0.5, 0.6) is 5.75 Å². The normalized spacial score (nSPS) is 10.7. The van der Waals surface area contributed by atoms with E-state index in [-0.39, 0.29) is 6.61 Å². The van der Waals surface area contributed by atoms with Crippen molar-refractivity contribution in [3.05, 3.63) is 71.5 Å². The molecule has 1 N–H and O–H groups in total. The Morgan fingerprint density at radius 1 is 1.04 bits per heavy atom. The van der Waals surface area contributed by atoms with Gasteiger partial charge in [0.05, 0.1) is 12.3 Å². The number of hydrogen-bond acceptors (Lipinski definition) is 4. The van der Waals surface area contributed by atoms with Crippen molar-refractivity contribution in [3.8, 4) is 11.4 Å². The zero-order valence-corrected chi connectivity index (χ0v) is 13.0. The number of rotatable bonds is 6. The summed E-state index contributed by atoms with van der Waals surface area (Å²) in [5.74, 6) is 0.784. The molecule has 0 aliphatic rings. The average molecular weight is 309 g/mol. The van der Waals surface area contributed by atoms with E-state index in [9.17, 15) is 5.11 Å². The summed E-state index contributed by atoms with van der Waals surface area (Å²) in [7, 11) is 0. The molecular weight excluding hydrogens is 290 g/mol. The molecule has 0 saturated carbocycles. The lowest BCUT2D eigenvalue weighted by Crippen LogP contribution is -2.07. The summed E-state index contributed by atoms with van der Waals surface area (Å²) in [4.78, 5) is 0. The zero-order chi connectivity index (χ0) is 16.1. The first-order valence-corrected chi connectivity index (χ1v) is 7.63. The molecule has 2 aromatic carbocycles. The van der Waals surface area contributed by atoms with Crippen molar-refractivity contribution in [2.24, 2.45) is 0 Å². The minimum absolute atomic E-state index is 0.166. The zero-order valence-electron chi connectivity index (χ0n) is 13.0. The number of nitrogens with zero attached hydrogens (tertiary/aromatic N) is 3. The minimum atomic E-state index is -0.166. The number of ether oxygens (including phenoxy) is 1. The molecule has 1 heterocycles. The molecule has 0 bridgehead atoms. The lowest BCUT2D eigenvalue weighted by molar-refractivity contribution is 0.263. The second-order valence-electron chi connectivity index (χ2n) is 5.17. The van der Waals surface area contributed by atoms with Gasteiger partial charge in [-0.05, 0) is 36.2 Å². The van der Waals surface area contributed by atoms with E-state index in [1.54, 1.807) is 4.68 Å². The van der Waals surface area contributed by atoms with Crippen LogP contribution in [0.3, 0.4) is 0 Å². The van der Waals surface area contributed by atoms with Gasteiger partial charge in [0.1, 0.15) is 23.7 Å². The fourth-order valence-electron chi connectivity index (χ4n) is 2.35. The fourth-order valence-corrected chi connectivity index (χ4v) is 2.35. The summed E-state index contributed by atoms with van der Waals surface area (Å²) in [6.07, 6.45) is 1.000. The summed E-state index contributed by atoms with van der Waals surface area (Å²) >= 11 is 0. The van der Waals surface area contributed by atoms with E-state index >= 15 is 0 Å². The topological polar surface area (TPSA) is 60.2 Å². The standard InChI is InChI=1S/C18H19N3O2/c1-2-14-8-10-16(11-9-14)23-13-18-17(12-22)19-20-21(18)15-6-4-3-5-7-15/h3-11,22H,2,12-13H2,1H3. The van der Waals surface area contributed by atoms with Crippen LogP contribution in [0.25, 0.3) is 5.69 Å². The first kappa shape index (κ1) is 15.2. The molecule has 23 heavy (non-hydrogen) atoms. The minimum Gasteiger partial charge on any atom is -0.487 e. The number of aliphatic hydroxyl groups excluding tert-OH is 1. The molecule has 0 spiro atoms. The average Bonchev–Trinajstić information content (AvgIpc) is 3.04. The molecule has 0 atom stereocenters. The predicted octanol–water partition coefficient (Wildman–Crippen LogP) is 2.90. The van der Waals surface area contributed by atoms with Gasteiger partial charge in [0, 0.05) is 0 Å². The molecule has 0 aliphatic heterocycles. The molecule has 5 nitrogen and oxygen atoms in total. The van der Waals surface area contributed by atoms with Gasteiger partial charge in [-0.2, -0.15) is 0 Å². The van der Waals surface area contributed by atoms with Crippen LogP contribution >= 0.6 is 0 Å². The quantitative estimate of drug-likeness (QED) is 0.760. The number of aliphatic hydroxyl groups is 1. The number of aromatic nitrogens is 3. The Bertz CT molecular complexity index is 752. The monoisotopic (exact) mass is 309 g/mol. The van der Waals surface area contributed by atoms with Gasteiger partial charge < -0.3 is 9.84 Å². The molecule has 0 amide bonds. The van der Waals surface area contributed by atoms with E-state index in [2.05, 4.69) is 29.4 Å². The molecule has 0 saturated heterocycles. The number of aryl methyl sites for hydroxylation is 1. The van der Waals surface area contributed by atoms with Crippen molar-refractivity contribution in [3.63, 3.8) is 0 Å². The maximum atomic E-state index is 9.47. The molecule has 0 aliphatic carbocycles. The van der Waals surface area contributed by atoms with Crippen LogP contribution in [-0.4, -0.2) is 20.1 Å². The smallest absolute Gasteiger partial charge is 0.132 e. The molecule has 3 rings (SSSR count). The largest absolute Gasteiger partial charge is 0.487 e. The lowest BCUT2D eigenvalue weighted by Gasteiger charge is -2.10. The number of para-hydroxylation sites is 1. The third-order valence-electron chi connectivity index (χ3n) is 3.70. The second kappa shape index (κ2) is 7.07. The Kier molecular flexibility index (Phi) is 4.68. The third-order valence-corrected chi connectivity index (χ3v) is 3.70. The highest BCUT2D eigenvalue weighted by molar-refractivity contribution is 5.33. The number of hydrogen-bond donors (Lipinski definition) is 1. The van der Waals surface area contributed by atoms with Gasteiger partial charge in [-0.15, -0.1) is 5.10 Å². The van der Waals surface area contributed by atoms with Crippen molar-refractivity contribution >= 4 is 0 Å². The maximum absolute atomic E-state index is 9.47. The van der Waals surface area contributed by atoms with Crippen LogP contribution < -0.4 is 4.74 Å². The molecule has 118 valence electrons. The lowest BCUT2D eigenvalue weighted by atomic mass is 10.2. The molecule has 1 aromatic heterocycles. The van der Waals surface area contributed by atoms with Gasteiger partial charge in [0.15, 0.2) is 0 Å². The van der Waals surface area contributed by atoms with Gasteiger partial charge in [-0.25, -0.2) is 4.68 Å². The van der Waals surface area contributed by atoms with Crippen LogP contribution in [0.15, 0.2) is 54.6 Å². The highest BCUT2D eigenvalue weighted by atomic mass is 16.5. The van der Waals surface area contributed by atoms with Crippen molar-refractivity contribution in [2.75, 3.05) is 0 Å². The summed E-state index contributed by atoms with van der Waals surface area (Å²) < 4.78 is 7.54. The van der Waals surface area contributed by atoms with Crippen LogP contribution in [-0.2, 0) is 19.6 Å². The highest BCUT2D eigenvalue weighted by Gasteiger charge is 2.14. The van der Waals surface area contributed by atoms with E-state index < -0.39 is 0 Å². The van der Waals surface area contributed by atoms with E-state index in [1.807, 2.05) is 42.5 Å². The van der Waals surface area contributed by atoms with Gasteiger partial charge in [0.2, 0.25) is 0 Å². The molecular formula is C18H19N3O2. The van der Waals surface area contributed by atoms with Gasteiger partial charge in [-0.1, -0.05) is 42.5 Å². The highest BCUT2D eigenvalue weighted by Crippen LogP contribution is 2.18. The summed E-state index contributed by atoms with van der Waals surface area (Å²) in [6.45, 7) is 2.25. The van der Waals surface area contributed by atoms with E-state index in [0.29, 0.717) is 12.3 Å². The molecule has 5 heteroatoms. The van der Waals surface area contributed by atoms with Gasteiger partial charge >= 0.3 is 0 Å². The first-order valence-electron chi connectivity index (χ1n) is 7.63. The first-order chi connectivity index (χ1) is 11.3. The second-order valence-corrected chi connectivity index (χ2v) is 5.17. The third kappa shape index (κ3) is 3.40. The SMILES string of the molecule is CCc1ccc(OCc2c(CO)nnn2-c2ccccc2)cc1. The molecule has 3 aromatic rings. The van der Waals surface area contributed by atoms with Crippen LogP contribution in [0.1, 0.15) is 23.9 Å². The van der Waals surface area contributed by atoms with Gasteiger partial charge in [-0.3, -0.25) is 0 Å². The Balaban J connectivity index is 1.82. The van der Waals surface area contributed by atoms with Crippen molar-refractivity contribution < 1.29 is 9.84 Å². The molecule has 0 unspecified atom stereocenters. The van der Waals surface area contributed by atoms with Crippen molar-refractivity contribution in [2.45, 2.75) is 26.6 Å². The van der Waals surface area contributed by atoms with E-state index in [1.165, 1.54) is 5.56 Å². The molecule has 0 radical (unpaired) electrons. The van der Waals surface area contributed by atoms with Gasteiger partial charge in [0.25, 0.3) is 0 Å². The Labute approximate surface area is 135 Å². The van der Waals surface area contributed by atoms with Crippen molar-refractivity contribution in [1.82, 2.24) is 15.0 Å².